The summed E-state index contributed by atoms with van der Waals surface area (Å²) in [6.45, 7) is 1.61. The Hall–Kier alpha value is -0.860. The van der Waals surface area contributed by atoms with Crippen LogP contribution < -0.4 is 0 Å². The van der Waals surface area contributed by atoms with Crippen molar-refractivity contribution < 1.29 is 4.79 Å². The molecule has 72 valence electrons. The lowest BCUT2D eigenvalue weighted by molar-refractivity contribution is -0.116. The molecule has 0 saturated carbocycles. The summed E-state index contributed by atoms with van der Waals surface area (Å²) in [4.78, 5) is 11.0. The average Bonchev–Trinajstić information content (AvgIpc) is 2.49. The van der Waals surface area contributed by atoms with E-state index in [0.29, 0.717) is 6.42 Å². The van der Waals surface area contributed by atoms with E-state index in [1.54, 1.807) is 18.3 Å². The fourth-order valence-electron chi connectivity index (χ4n) is 1.48. The number of halogens is 1. The van der Waals surface area contributed by atoms with Gasteiger partial charge in [-0.15, -0.1) is 11.3 Å². The summed E-state index contributed by atoms with van der Waals surface area (Å²) in [5, 5.41) is 3.89. The smallest absolute Gasteiger partial charge is 0.134 e. The van der Waals surface area contributed by atoms with Crippen molar-refractivity contribution in [2.45, 2.75) is 13.3 Å². The molecule has 3 heteroatoms. The molecule has 2 aromatic rings. The minimum absolute atomic E-state index is 0.185. The Morgan fingerprint density at radius 2 is 2.29 bits per heavy atom. The van der Waals surface area contributed by atoms with Gasteiger partial charge in [-0.05, 0) is 29.3 Å². The molecular formula is C11H9ClOS. The first-order valence-corrected chi connectivity index (χ1v) is 5.58. The lowest BCUT2D eigenvalue weighted by atomic mass is 10.1. The zero-order valence-electron chi connectivity index (χ0n) is 7.71. The normalized spacial score (nSPS) is 10.7. The molecule has 0 fully saturated rings. The molecule has 0 saturated heterocycles. The van der Waals surface area contributed by atoms with Crippen LogP contribution in [0.3, 0.4) is 0 Å². The van der Waals surface area contributed by atoms with Crippen molar-refractivity contribution in [1.82, 2.24) is 0 Å². The Morgan fingerprint density at radius 1 is 1.50 bits per heavy atom. The lowest BCUT2D eigenvalue weighted by Gasteiger charge is -1.96. The number of ketones is 1. The molecule has 1 nitrogen and oxygen atoms in total. The second-order valence-corrected chi connectivity index (χ2v) is 4.54. The van der Waals surface area contributed by atoms with Gasteiger partial charge in [0.2, 0.25) is 0 Å². The molecule has 2 rings (SSSR count). The highest BCUT2D eigenvalue weighted by molar-refractivity contribution is 7.18. The Balaban J connectivity index is 2.58. The van der Waals surface area contributed by atoms with Gasteiger partial charge in [-0.2, -0.15) is 0 Å². The standard InChI is InChI=1S/C11H9ClOS/c1-7(13)5-8-6-14-11-9(8)3-2-4-10(11)12/h2-4,6H,5H2,1H3. The molecule has 1 heterocycles. The van der Waals surface area contributed by atoms with Gasteiger partial charge in [-0.3, -0.25) is 4.79 Å². The van der Waals surface area contributed by atoms with Crippen molar-refractivity contribution in [2.75, 3.05) is 0 Å². The van der Waals surface area contributed by atoms with Crippen LogP contribution >= 0.6 is 22.9 Å². The second-order valence-electron chi connectivity index (χ2n) is 3.26. The first-order valence-electron chi connectivity index (χ1n) is 4.32. The van der Waals surface area contributed by atoms with Crippen molar-refractivity contribution in [3.8, 4) is 0 Å². The molecule has 14 heavy (non-hydrogen) atoms. The van der Waals surface area contributed by atoms with Crippen LogP contribution in [-0.4, -0.2) is 5.78 Å². The number of fused-ring (bicyclic) bond motifs is 1. The highest BCUT2D eigenvalue weighted by Gasteiger charge is 2.07. The molecule has 0 spiro atoms. The largest absolute Gasteiger partial charge is 0.300 e. The van der Waals surface area contributed by atoms with E-state index in [-0.39, 0.29) is 5.78 Å². The molecule has 0 aliphatic carbocycles. The molecule has 0 bridgehead atoms. The van der Waals surface area contributed by atoms with Gasteiger partial charge in [0.1, 0.15) is 5.78 Å². The number of hydrogen-bond acceptors (Lipinski definition) is 2. The maximum absolute atomic E-state index is 11.0. The van der Waals surface area contributed by atoms with Crippen LogP contribution in [0.5, 0.6) is 0 Å². The maximum atomic E-state index is 11.0. The third kappa shape index (κ3) is 1.68. The molecule has 0 N–H and O–H groups in total. The SMILES string of the molecule is CC(=O)Cc1csc2c(Cl)cccc12. The molecule has 1 aromatic carbocycles. The summed E-state index contributed by atoms with van der Waals surface area (Å²) in [6, 6.07) is 5.80. The maximum Gasteiger partial charge on any atom is 0.134 e. The Morgan fingerprint density at radius 3 is 3.00 bits per heavy atom. The minimum atomic E-state index is 0.185. The highest BCUT2D eigenvalue weighted by Crippen LogP contribution is 2.32. The summed E-state index contributed by atoms with van der Waals surface area (Å²) in [5.74, 6) is 0.185. The van der Waals surface area contributed by atoms with E-state index in [4.69, 9.17) is 11.6 Å². The topological polar surface area (TPSA) is 17.1 Å². The first kappa shape index (κ1) is 9.69. The van der Waals surface area contributed by atoms with Crippen molar-refractivity contribution in [2.24, 2.45) is 0 Å². The Kier molecular flexibility index (Phi) is 2.57. The fourth-order valence-corrected chi connectivity index (χ4v) is 2.77. The second kappa shape index (κ2) is 3.71. The molecule has 0 aliphatic rings. The number of carbonyl (C=O) groups excluding carboxylic acids is 1. The summed E-state index contributed by atoms with van der Waals surface area (Å²) < 4.78 is 1.07. The van der Waals surface area contributed by atoms with E-state index in [1.165, 1.54) is 0 Å². The van der Waals surface area contributed by atoms with Crippen molar-refractivity contribution in [3.63, 3.8) is 0 Å². The van der Waals surface area contributed by atoms with Crippen LogP contribution in [0.25, 0.3) is 10.1 Å². The third-order valence-electron chi connectivity index (χ3n) is 2.07. The van der Waals surface area contributed by atoms with Crippen LogP contribution in [0.4, 0.5) is 0 Å². The van der Waals surface area contributed by atoms with Crippen LogP contribution in [0.15, 0.2) is 23.6 Å². The molecule has 1 aromatic heterocycles. The summed E-state index contributed by atoms with van der Waals surface area (Å²) in [6.07, 6.45) is 0.500. The minimum Gasteiger partial charge on any atom is -0.300 e. The predicted octanol–water partition coefficient (Wildman–Crippen LogP) is 3.69. The Labute approximate surface area is 91.3 Å². The van der Waals surface area contributed by atoms with Crippen molar-refractivity contribution >= 4 is 38.8 Å². The zero-order valence-corrected chi connectivity index (χ0v) is 9.28. The van der Waals surface area contributed by atoms with E-state index >= 15 is 0 Å². The lowest BCUT2D eigenvalue weighted by Crippen LogP contribution is -1.94. The van der Waals surface area contributed by atoms with E-state index in [9.17, 15) is 4.79 Å². The number of rotatable bonds is 2. The molecule has 0 atom stereocenters. The number of hydrogen-bond donors (Lipinski definition) is 0. The summed E-state index contributed by atoms with van der Waals surface area (Å²) >= 11 is 7.63. The Bertz CT molecular complexity index is 487. The van der Waals surface area contributed by atoms with Crippen LogP contribution in [0.2, 0.25) is 5.02 Å². The van der Waals surface area contributed by atoms with Gasteiger partial charge in [0, 0.05) is 6.42 Å². The van der Waals surface area contributed by atoms with Gasteiger partial charge in [0.05, 0.1) is 9.72 Å². The van der Waals surface area contributed by atoms with Gasteiger partial charge in [0.15, 0.2) is 0 Å². The van der Waals surface area contributed by atoms with E-state index < -0.39 is 0 Å². The van der Waals surface area contributed by atoms with Crippen LogP contribution in [0.1, 0.15) is 12.5 Å². The number of benzene rings is 1. The van der Waals surface area contributed by atoms with Crippen LogP contribution in [-0.2, 0) is 11.2 Å². The molecule has 0 radical (unpaired) electrons. The highest BCUT2D eigenvalue weighted by atomic mass is 35.5. The molecule has 0 unspecified atom stereocenters. The summed E-state index contributed by atoms with van der Waals surface area (Å²) in [7, 11) is 0. The van der Waals surface area contributed by atoms with Crippen molar-refractivity contribution in [1.29, 1.82) is 0 Å². The first-order chi connectivity index (χ1) is 6.68. The van der Waals surface area contributed by atoms with E-state index in [1.807, 2.05) is 23.6 Å². The van der Waals surface area contributed by atoms with Gasteiger partial charge in [0.25, 0.3) is 0 Å². The average molecular weight is 225 g/mol. The van der Waals surface area contributed by atoms with Gasteiger partial charge in [-0.1, -0.05) is 23.7 Å². The van der Waals surface area contributed by atoms with E-state index in [2.05, 4.69) is 0 Å². The summed E-state index contributed by atoms with van der Waals surface area (Å²) in [5.41, 5.74) is 1.08. The van der Waals surface area contributed by atoms with Crippen molar-refractivity contribution in [3.05, 3.63) is 34.2 Å². The van der Waals surface area contributed by atoms with Crippen LogP contribution in [0, 0.1) is 0 Å². The number of thiophene rings is 1. The van der Waals surface area contributed by atoms with Gasteiger partial charge >= 0.3 is 0 Å². The predicted molar refractivity (Wildman–Crippen MR) is 61.2 cm³/mol. The van der Waals surface area contributed by atoms with E-state index in [0.717, 1.165) is 20.7 Å². The quantitative estimate of drug-likeness (QED) is 0.761. The monoisotopic (exact) mass is 224 g/mol. The van der Waals surface area contributed by atoms with Gasteiger partial charge < -0.3 is 0 Å². The zero-order chi connectivity index (χ0) is 10.1. The van der Waals surface area contributed by atoms with Gasteiger partial charge in [-0.25, -0.2) is 0 Å². The number of Topliss-reactive ketones (excluding diaryl/α,β-unsaturated/α-hetero) is 1. The fraction of sp³-hybridized carbons (Fsp3) is 0.182. The molecular weight excluding hydrogens is 216 g/mol. The third-order valence-corrected chi connectivity index (χ3v) is 3.58. The number of carbonyl (C=O) groups is 1. The molecule has 0 amide bonds. The molecule has 0 aliphatic heterocycles.